The second kappa shape index (κ2) is 11.4. The van der Waals surface area contributed by atoms with Crippen molar-refractivity contribution in [2.75, 3.05) is 0 Å². The Morgan fingerprint density at radius 3 is 1.16 bits per heavy atom. The first-order valence-electron chi connectivity index (χ1n) is 9.56. The Balaban J connectivity index is 2.90. The molecule has 0 saturated heterocycles. The molecular formula is C20H26N4O8. The fourth-order valence-corrected chi connectivity index (χ4v) is 2.48. The van der Waals surface area contributed by atoms with Crippen LogP contribution in [0.3, 0.4) is 0 Å². The number of hydrogen-bond acceptors (Lipinski definition) is 8. The molecule has 6 N–H and O–H groups in total. The molecule has 0 spiro atoms. The van der Waals surface area contributed by atoms with E-state index in [-0.39, 0.29) is 11.1 Å². The molecule has 0 fully saturated rings. The van der Waals surface area contributed by atoms with E-state index in [9.17, 15) is 28.8 Å². The molecule has 12 heteroatoms. The Morgan fingerprint density at radius 2 is 0.938 bits per heavy atom. The van der Waals surface area contributed by atoms with Gasteiger partial charge >= 0.3 is 24.0 Å². The predicted octanol–water partition coefficient (Wildman–Crippen LogP) is 0.439. The number of imide groups is 2. The van der Waals surface area contributed by atoms with Crippen LogP contribution in [0.25, 0.3) is 0 Å². The van der Waals surface area contributed by atoms with Crippen molar-refractivity contribution in [3.63, 3.8) is 0 Å². The van der Waals surface area contributed by atoms with Gasteiger partial charge in [-0.3, -0.25) is 20.2 Å². The Bertz CT molecular complexity index is 822. The van der Waals surface area contributed by atoms with E-state index in [1.807, 2.05) is 10.6 Å². The molecule has 6 amide bonds. The fraction of sp³-hybridized carbons (Fsp3) is 0.400. The second-order valence-corrected chi connectivity index (χ2v) is 7.42. The lowest BCUT2D eigenvalue weighted by Crippen LogP contribution is -2.45. The van der Waals surface area contributed by atoms with Crippen LogP contribution >= 0.6 is 0 Å². The SMILES string of the molecule is CC(C)C(OC(=O)c1ccc(C(=O)OC(C(=O)NC(N)=O)C(C)C)cc1)C(=O)NC(N)=O. The molecule has 0 saturated carbocycles. The number of urea groups is 2. The van der Waals surface area contributed by atoms with Crippen LogP contribution in [0.15, 0.2) is 24.3 Å². The highest BCUT2D eigenvalue weighted by Gasteiger charge is 2.29. The molecule has 32 heavy (non-hydrogen) atoms. The number of primary amides is 2. The average molecular weight is 450 g/mol. The van der Waals surface area contributed by atoms with Crippen LogP contribution in [0.5, 0.6) is 0 Å². The minimum atomic E-state index is -1.27. The first-order chi connectivity index (χ1) is 14.8. The van der Waals surface area contributed by atoms with Gasteiger partial charge in [-0.2, -0.15) is 0 Å². The Morgan fingerprint density at radius 1 is 0.656 bits per heavy atom. The number of nitrogens with one attached hydrogen (secondary N) is 2. The van der Waals surface area contributed by atoms with Crippen LogP contribution < -0.4 is 22.1 Å². The number of ether oxygens (including phenoxy) is 2. The van der Waals surface area contributed by atoms with E-state index in [1.165, 1.54) is 24.3 Å². The molecular weight excluding hydrogens is 424 g/mol. The first kappa shape index (κ1) is 26.1. The molecule has 2 unspecified atom stereocenters. The normalized spacial score (nSPS) is 12.4. The Hall–Kier alpha value is -3.96. The third-order valence-corrected chi connectivity index (χ3v) is 4.04. The number of esters is 2. The van der Waals surface area contributed by atoms with Crippen molar-refractivity contribution in [1.82, 2.24) is 10.6 Å². The summed E-state index contributed by atoms with van der Waals surface area (Å²) in [5, 5.41) is 3.71. The van der Waals surface area contributed by atoms with Crippen molar-refractivity contribution in [2.24, 2.45) is 23.3 Å². The molecule has 0 heterocycles. The molecule has 2 atom stereocenters. The highest BCUT2D eigenvalue weighted by Crippen LogP contribution is 2.15. The van der Waals surface area contributed by atoms with E-state index in [1.54, 1.807) is 27.7 Å². The zero-order valence-corrected chi connectivity index (χ0v) is 18.0. The quantitative estimate of drug-likeness (QED) is 0.409. The third-order valence-electron chi connectivity index (χ3n) is 4.04. The summed E-state index contributed by atoms with van der Waals surface area (Å²) in [6, 6.07) is 2.88. The van der Waals surface area contributed by atoms with Gasteiger partial charge in [-0.15, -0.1) is 0 Å². The van der Waals surface area contributed by atoms with E-state index in [2.05, 4.69) is 0 Å². The van der Waals surface area contributed by atoms with Gasteiger partial charge in [0.05, 0.1) is 11.1 Å². The average Bonchev–Trinajstić information content (AvgIpc) is 2.68. The summed E-state index contributed by atoms with van der Waals surface area (Å²) in [7, 11) is 0. The summed E-state index contributed by atoms with van der Waals surface area (Å²) in [6.45, 7) is 6.43. The van der Waals surface area contributed by atoms with Crippen LogP contribution in [0.1, 0.15) is 48.4 Å². The molecule has 12 nitrogen and oxygen atoms in total. The lowest BCUT2D eigenvalue weighted by atomic mass is 10.1. The van der Waals surface area contributed by atoms with Gasteiger partial charge in [0.1, 0.15) is 0 Å². The van der Waals surface area contributed by atoms with Crippen LogP contribution in [-0.2, 0) is 19.1 Å². The largest absolute Gasteiger partial charge is 0.448 e. The lowest BCUT2D eigenvalue weighted by molar-refractivity contribution is -0.131. The molecule has 174 valence electrons. The standard InChI is InChI=1S/C20H26N4O8/c1-9(2)13(15(25)23-19(21)29)31-17(27)11-5-7-12(8-6-11)18(28)32-14(10(3)4)16(26)24-20(22)30/h5-10,13-14H,1-4H3,(H3,21,23,25,29)(H3,22,24,26,30). The predicted molar refractivity (Wildman–Crippen MR) is 110 cm³/mol. The summed E-state index contributed by atoms with van der Waals surface area (Å²) in [5.74, 6) is -4.38. The maximum atomic E-state index is 12.4. The van der Waals surface area contributed by atoms with Gasteiger partial charge in [-0.1, -0.05) is 27.7 Å². The molecule has 0 aliphatic rings. The van der Waals surface area contributed by atoms with Crippen molar-refractivity contribution < 1.29 is 38.2 Å². The van der Waals surface area contributed by atoms with Crippen molar-refractivity contribution in [1.29, 1.82) is 0 Å². The van der Waals surface area contributed by atoms with Crippen LogP contribution in [-0.4, -0.2) is 48.0 Å². The van der Waals surface area contributed by atoms with Gasteiger partial charge in [0.25, 0.3) is 11.8 Å². The highest BCUT2D eigenvalue weighted by molar-refractivity contribution is 6.00. The molecule has 0 aliphatic heterocycles. The van der Waals surface area contributed by atoms with Gasteiger partial charge in [0.2, 0.25) is 0 Å². The molecule has 0 radical (unpaired) electrons. The highest BCUT2D eigenvalue weighted by atomic mass is 16.6. The molecule has 1 aromatic carbocycles. The Kier molecular flexibility index (Phi) is 9.32. The van der Waals surface area contributed by atoms with E-state index in [0.717, 1.165) is 0 Å². The van der Waals surface area contributed by atoms with Gasteiger partial charge in [0.15, 0.2) is 12.2 Å². The topological polar surface area (TPSA) is 197 Å². The molecule has 0 aromatic heterocycles. The van der Waals surface area contributed by atoms with E-state index < -0.39 is 59.9 Å². The van der Waals surface area contributed by atoms with Crippen LogP contribution in [0.2, 0.25) is 0 Å². The fourth-order valence-electron chi connectivity index (χ4n) is 2.48. The maximum absolute atomic E-state index is 12.4. The lowest BCUT2D eigenvalue weighted by Gasteiger charge is -2.20. The summed E-state index contributed by atoms with van der Waals surface area (Å²) in [4.78, 5) is 70.4. The number of carbonyl (C=O) groups is 6. The minimum Gasteiger partial charge on any atom is -0.448 e. The van der Waals surface area contributed by atoms with E-state index in [0.29, 0.717) is 0 Å². The second-order valence-electron chi connectivity index (χ2n) is 7.42. The number of benzene rings is 1. The minimum absolute atomic E-state index is 0.0194. The summed E-state index contributed by atoms with van der Waals surface area (Å²) < 4.78 is 10.3. The van der Waals surface area contributed by atoms with E-state index in [4.69, 9.17) is 20.9 Å². The van der Waals surface area contributed by atoms with Gasteiger partial charge in [-0.25, -0.2) is 19.2 Å². The molecule has 0 bridgehead atoms. The smallest absolute Gasteiger partial charge is 0.338 e. The number of hydrogen-bond donors (Lipinski definition) is 4. The maximum Gasteiger partial charge on any atom is 0.338 e. The number of carbonyl (C=O) groups excluding carboxylic acids is 6. The van der Waals surface area contributed by atoms with Gasteiger partial charge in [0, 0.05) is 0 Å². The van der Waals surface area contributed by atoms with Gasteiger partial charge < -0.3 is 20.9 Å². The monoisotopic (exact) mass is 450 g/mol. The molecule has 0 aliphatic carbocycles. The summed E-state index contributed by atoms with van der Waals surface area (Å²) in [6.07, 6.45) is -2.54. The zero-order chi connectivity index (χ0) is 24.6. The van der Waals surface area contributed by atoms with Crippen LogP contribution in [0.4, 0.5) is 9.59 Å². The van der Waals surface area contributed by atoms with Crippen molar-refractivity contribution in [2.45, 2.75) is 39.9 Å². The zero-order valence-electron chi connectivity index (χ0n) is 18.0. The van der Waals surface area contributed by atoms with Gasteiger partial charge in [-0.05, 0) is 36.1 Å². The summed E-state index contributed by atoms with van der Waals surface area (Å²) >= 11 is 0. The molecule has 1 aromatic rings. The van der Waals surface area contributed by atoms with Crippen molar-refractivity contribution in [3.05, 3.63) is 35.4 Å². The number of nitrogens with two attached hydrogens (primary N) is 2. The third kappa shape index (κ3) is 7.70. The van der Waals surface area contributed by atoms with E-state index >= 15 is 0 Å². The summed E-state index contributed by atoms with van der Waals surface area (Å²) in [5.41, 5.74) is 9.86. The van der Waals surface area contributed by atoms with Crippen molar-refractivity contribution in [3.8, 4) is 0 Å². The Labute approximate surface area is 184 Å². The van der Waals surface area contributed by atoms with Crippen molar-refractivity contribution >= 4 is 35.8 Å². The first-order valence-corrected chi connectivity index (χ1v) is 9.56. The molecule has 1 rings (SSSR count). The van der Waals surface area contributed by atoms with Crippen LogP contribution in [0, 0.1) is 11.8 Å². The number of rotatable bonds is 8. The number of amides is 6.